The first-order valence-electron chi connectivity index (χ1n) is 3.40. The van der Waals surface area contributed by atoms with Gasteiger partial charge in [0.25, 0.3) is 0 Å². The van der Waals surface area contributed by atoms with Gasteiger partial charge in [-0.1, -0.05) is 0 Å². The van der Waals surface area contributed by atoms with Crippen LogP contribution in [-0.4, -0.2) is 19.5 Å². The van der Waals surface area contributed by atoms with Crippen LogP contribution in [0.1, 0.15) is 5.69 Å². The van der Waals surface area contributed by atoms with E-state index in [0.717, 1.165) is 4.60 Å². The van der Waals surface area contributed by atoms with Crippen LogP contribution in [0.4, 0.5) is 0 Å². The minimum absolute atomic E-state index is 0.0895. The topological polar surface area (TPSA) is 50.4 Å². The van der Waals surface area contributed by atoms with Gasteiger partial charge in [0.05, 0.1) is 12.8 Å². The van der Waals surface area contributed by atoms with Crippen molar-refractivity contribution in [3.05, 3.63) is 28.9 Å². The predicted octanol–water partition coefficient (Wildman–Crippen LogP) is 0.984. The Balaban J connectivity index is 2.81. The fourth-order valence-electron chi connectivity index (χ4n) is 1.05. The molecule has 0 aliphatic rings. The van der Waals surface area contributed by atoms with Gasteiger partial charge in [0, 0.05) is 12.4 Å². The molecule has 2 rings (SSSR count). The zero-order valence-electron chi connectivity index (χ0n) is 6.11. The lowest BCUT2D eigenvalue weighted by Gasteiger charge is -1.97. The Labute approximate surface area is 77.0 Å². The number of aliphatic hydroxyl groups is 1. The number of hydrogen-bond donors (Lipinski definition) is 1. The molecule has 12 heavy (non-hydrogen) atoms. The molecular weight excluding hydrogens is 222 g/mol. The fraction of sp³-hybridized carbons (Fsp3) is 0.143. The van der Waals surface area contributed by atoms with Crippen LogP contribution in [0.3, 0.4) is 0 Å². The van der Waals surface area contributed by atoms with Crippen LogP contribution in [0.25, 0.3) is 5.65 Å². The first-order chi connectivity index (χ1) is 5.83. The molecule has 0 fully saturated rings. The second-order valence-corrected chi connectivity index (χ2v) is 3.12. The molecule has 0 aliphatic carbocycles. The number of rotatable bonds is 1. The maximum atomic E-state index is 8.91. The zero-order valence-corrected chi connectivity index (χ0v) is 7.69. The van der Waals surface area contributed by atoms with Gasteiger partial charge in [-0.2, -0.15) is 0 Å². The first kappa shape index (κ1) is 7.70. The molecule has 5 heteroatoms. The molecule has 2 heterocycles. The summed E-state index contributed by atoms with van der Waals surface area (Å²) >= 11 is 3.32. The summed E-state index contributed by atoms with van der Waals surface area (Å²) in [5, 5.41) is 8.91. The summed E-state index contributed by atoms with van der Waals surface area (Å²) in [7, 11) is 0. The van der Waals surface area contributed by atoms with E-state index in [1.165, 1.54) is 0 Å². The predicted molar refractivity (Wildman–Crippen MR) is 46.6 cm³/mol. The zero-order chi connectivity index (χ0) is 8.55. The highest BCUT2D eigenvalue weighted by molar-refractivity contribution is 9.10. The Hall–Kier alpha value is -0.940. The van der Waals surface area contributed by atoms with Crippen molar-refractivity contribution in [2.45, 2.75) is 6.61 Å². The molecule has 0 saturated heterocycles. The number of imidazole rings is 1. The maximum Gasteiger partial charge on any atom is 0.161 e. The second-order valence-electron chi connectivity index (χ2n) is 2.31. The van der Waals surface area contributed by atoms with Crippen LogP contribution in [0.5, 0.6) is 0 Å². The second kappa shape index (κ2) is 2.84. The largest absolute Gasteiger partial charge is 0.390 e. The number of aromatic nitrogens is 3. The van der Waals surface area contributed by atoms with E-state index in [0.29, 0.717) is 11.3 Å². The molecule has 0 saturated carbocycles. The Bertz CT molecular complexity index is 412. The number of nitrogens with zero attached hydrogens (tertiary/aromatic N) is 3. The van der Waals surface area contributed by atoms with Gasteiger partial charge >= 0.3 is 0 Å². The van der Waals surface area contributed by atoms with Crippen molar-refractivity contribution in [3.63, 3.8) is 0 Å². The number of halogens is 1. The highest BCUT2D eigenvalue weighted by atomic mass is 79.9. The average molecular weight is 228 g/mol. The molecule has 1 N–H and O–H groups in total. The molecule has 0 bridgehead atoms. The summed E-state index contributed by atoms with van der Waals surface area (Å²) in [4.78, 5) is 8.07. The molecule has 0 atom stereocenters. The van der Waals surface area contributed by atoms with E-state index in [1.54, 1.807) is 18.6 Å². The molecular formula is C7H6BrN3O. The third kappa shape index (κ3) is 1.02. The molecule has 0 spiro atoms. The summed E-state index contributed by atoms with van der Waals surface area (Å²) in [6.45, 7) is -0.0895. The normalized spacial score (nSPS) is 10.8. The van der Waals surface area contributed by atoms with E-state index in [2.05, 4.69) is 25.9 Å². The van der Waals surface area contributed by atoms with Crippen molar-refractivity contribution >= 4 is 21.6 Å². The van der Waals surface area contributed by atoms with Crippen LogP contribution in [-0.2, 0) is 6.61 Å². The third-order valence-corrected chi connectivity index (χ3v) is 2.19. The van der Waals surface area contributed by atoms with Crippen LogP contribution >= 0.6 is 15.9 Å². The van der Waals surface area contributed by atoms with Crippen LogP contribution in [0.15, 0.2) is 23.2 Å². The maximum absolute atomic E-state index is 8.91. The van der Waals surface area contributed by atoms with Gasteiger partial charge in [0.15, 0.2) is 5.65 Å². The van der Waals surface area contributed by atoms with Gasteiger partial charge < -0.3 is 5.11 Å². The molecule has 2 aromatic rings. The number of fused-ring (bicyclic) bond motifs is 1. The highest BCUT2D eigenvalue weighted by Gasteiger charge is 2.04. The molecule has 0 radical (unpaired) electrons. The fourth-order valence-corrected chi connectivity index (χ4v) is 1.44. The van der Waals surface area contributed by atoms with Crippen molar-refractivity contribution in [3.8, 4) is 0 Å². The lowest BCUT2D eigenvalue weighted by atomic mass is 10.4. The van der Waals surface area contributed by atoms with E-state index in [9.17, 15) is 0 Å². The first-order valence-corrected chi connectivity index (χ1v) is 4.19. The summed E-state index contributed by atoms with van der Waals surface area (Å²) in [6.07, 6.45) is 5.09. The highest BCUT2D eigenvalue weighted by Crippen LogP contribution is 2.13. The summed E-state index contributed by atoms with van der Waals surface area (Å²) < 4.78 is 2.67. The number of aliphatic hydroxyl groups excluding tert-OH is 1. The van der Waals surface area contributed by atoms with Crippen LogP contribution in [0, 0.1) is 0 Å². The monoisotopic (exact) mass is 227 g/mol. The number of hydrogen-bond acceptors (Lipinski definition) is 3. The van der Waals surface area contributed by atoms with Gasteiger partial charge in [-0.25, -0.2) is 4.98 Å². The molecule has 4 nitrogen and oxygen atoms in total. The van der Waals surface area contributed by atoms with E-state index >= 15 is 0 Å². The Morgan fingerprint density at radius 2 is 2.33 bits per heavy atom. The molecule has 0 aliphatic heterocycles. The van der Waals surface area contributed by atoms with Gasteiger partial charge in [0.1, 0.15) is 10.3 Å². The van der Waals surface area contributed by atoms with Gasteiger partial charge in [0.2, 0.25) is 0 Å². The van der Waals surface area contributed by atoms with Crippen molar-refractivity contribution in [1.29, 1.82) is 0 Å². The van der Waals surface area contributed by atoms with Gasteiger partial charge in [-0.3, -0.25) is 9.38 Å². The van der Waals surface area contributed by atoms with Gasteiger partial charge in [-0.05, 0) is 15.9 Å². The smallest absolute Gasteiger partial charge is 0.161 e. The third-order valence-electron chi connectivity index (χ3n) is 1.61. The molecule has 0 unspecified atom stereocenters. The lowest BCUT2D eigenvalue weighted by molar-refractivity contribution is 0.277. The summed E-state index contributed by atoms with van der Waals surface area (Å²) in [5.74, 6) is 0. The van der Waals surface area contributed by atoms with Crippen molar-refractivity contribution in [2.75, 3.05) is 0 Å². The average Bonchev–Trinajstić information content (AvgIpc) is 2.48. The van der Waals surface area contributed by atoms with Crippen molar-refractivity contribution < 1.29 is 5.11 Å². The molecule has 62 valence electrons. The Morgan fingerprint density at radius 1 is 1.50 bits per heavy atom. The summed E-state index contributed by atoms with van der Waals surface area (Å²) in [6, 6.07) is 0. The minimum Gasteiger partial charge on any atom is -0.390 e. The standard InChI is InChI=1S/C7H6BrN3O/c8-6-3-10-7-5(4-12)9-1-2-11(6)7/h1-3,12H,4H2. The quantitative estimate of drug-likeness (QED) is 0.791. The molecule has 2 aromatic heterocycles. The van der Waals surface area contributed by atoms with E-state index < -0.39 is 0 Å². The lowest BCUT2D eigenvalue weighted by Crippen LogP contribution is -1.95. The molecule has 0 amide bonds. The Kier molecular flexibility index (Phi) is 1.82. The van der Waals surface area contributed by atoms with E-state index in [-0.39, 0.29) is 6.61 Å². The SMILES string of the molecule is OCc1nccn2c(Br)cnc12. The van der Waals surface area contributed by atoms with Crippen molar-refractivity contribution in [2.24, 2.45) is 0 Å². The van der Waals surface area contributed by atoms with Crippen molar-refractivity contribution in [1.82, 2.24) is 14.4 Å². The van der Waals surface area contributed by atoms with Gasteiger partial charge in [-0.15, -0.1) is 0 Å². The van der Waals surface area contributed by atoms with E-state index in [4.69, 9.17) is 5.11 Å². The molecule has 0 aromatic carbocycles. The van der Waals surface area contributed by atoms with Crippen LogP contribution < -0.4 is 0 Å². The summed E-state index contributed by atoms with van der Waals surface area (Å²) in [5.41, 5.74) is 1.27. The minimum atomic E-state index is -0.0895. The van der Waals surface area contributed by atoms with Crippen LogP contribution in [0.2, 0.25) is 0 Å². The Morgan fingerprint density at radius 3 is 3.08 bits per heavy atom. The van der Waals surface area contributed by atoms with E-state index in [1.807, 2.05) is 4.40 Å².